The highest BCUT2D eigenvalue weighted by atomic mass is 16.3. The summed E-state index contributed by atoms with van der Waals surface area (Å²) >= 11 is 0. The van der Waals surface area contributed by atoms with E-state index in [2.05, 4.69) is 24.3 Å². The Morgan fingerprint density at radius 2 is 2.33 bits per heavy atom. The molecule has 0 amide bonds. The predicted octanol–water partition coefficient (Wildman–Crippen LogP) is 1.75. The van der Waals surface area contributed by atoms with E-state index in [1.165, 1.54) is 12.8 Å². The molecule has 3 unspecified atom stereocenters. The molecule has 1 N–H and O–H groups in total. The van der Waals surface area contributed by atoms with Crippen LogP contribution >= 0.6 is 0 Å². The van der Waals surface area contributed by atoms with E-state index in [9.17, 15) is 5.11 Å². The van der Waals surface area contributed by atoms with E-state index < -0.39 is 0 Å². The molecule has 3 aliphatic rings. The van der Waals surface area contributed by atoms with Crippen LogP contribution < -0.4 is 0 Å². The first-order chi connectivity index (χ1) is 5.87. The lowest BCUT2D eigenvalue weighted by molar-refractivity contribution is 0.106. The molecule has 0 heterocycles. The van der Waals surface area contributed by atoms with E-state index in [1.807, 2.05) is 0 Å². The highest BCUT2D eigenvalue weighted by Crippen LogP contribution is 2.60. The van der Waals surface area contributed by atoms with Crippen LogP contribution in [0.5, 0.6) is 0 Å². The van der Waals surface area contributed by atoms with Gasteiger partial charge in [-0.1, -0.05) is 24.3 Å². The SMILES string of the molecule is OC[C@@]12C=CCC1C1C=CC2C1. The molecular formula is C11H14O. The fraction of sp³-hybridized carbons (Fsp3) is 0.636. The summed E-state index contributed by atoms with van der Waals surface area (Å²) in [5, 5.41) is 9.46. The van der Waals surface area contributed by atoms with E-state index in [0.717, 1.165) is 11.8 Å². The number of fused-ring (bicyclic) bond motifs is 5. The second-order valence-electron chi connectivity index (χ2n) is 4.41. The molecular weight excluding hydrogens is 148 g/mol. The van der Waals surface area contributed by atoms with Crippen LogP contribution in [-0.4, -0.2) is 11.7 Å². The largest absolute Gasteiger partial charge is 0.395 e. The Morgan fingerprint density at radius 3 is 3.08 bits per heavy atom. The molecule has 0 radical (unpaired) electrons. The van der Waals surface area contributed by atoms with Crippen molar-refractivity contribution in [3.8, 4) is 0 Å². The first-order valence-corrected chi connectivity index (χ1v) is 4.84. The molecule has 0 aliphatic heterocycles. The highest BCUT2D eigenvalue weighted by molar-refractivity contribution is 5.28. The molecule has 0 aromatic rings. The Bertz CT molecular complexity index is 266. The fourth-order valence-electron chi connectivity index (χ4n) is 3.46. The molecule has 3 rings (SSSR count). The summed E-state index contributed by atoms with van der Waals surface area (Å²) < 4.78 is 0. The first-order valence-electron chi connectivity index (χ1n) is 4.84. The van der Waals surface area contributed by atoms with Crippen molar-refractivity contribution in [1.29, 1.82) is 0 Å². The van der Waals surface area contributed by atoms with Crippen molar-refractivity contribution in [3.63, 3.8) is 0 Å². The number of allylic oxidation sites excluding steroid dienone is 3. The maximum absolute atomic E-state index is 9.46. The Kier molecular flexibility index (Phi) is 1.16. The highest BCUT2D eigenvalue weighted by Gasteiger charge is 2.55. The lowest BCUT2D eigenvalue weighted by Crippen LogP contribution is -2.33. The molecule has 4 atom stereocenters. The molecule has 3 aliphatic carbocycles. The quantitative estimate of drug-likeness (QED) is 0.582. The van der Waals surface area contributed by atoms with Gasteiger partial charge in [0.2, 0.25) is 0 Å². The van der Waals surface area contributed by atoms with E-state index in [1.54, 1.807) is 0 Å². The average molecular weight is 162 g/mol. The van der Waals surface area contributed by atoms with Crippen molar-refractivity contribution >= 4 is 0 Å². The van der Waals surface area contributed by atoms with Gasteiger partial charge in [-0.25, -0.2) is 0 Å². The third-order valence-corrected chi connectivity index (χ3v) is 4.11. The van der Waals surface area contributed by atoms with Gasteiger partial charge < -0.3 is 5.11 Å². The van der Waals surface area contributed by atoms with Crippen LogP contribution in [0.15, 0.2) is 24.3 Å². The summed E-state index contributed by atoms with van der Waals surface area (Å²) in [5.74, 6) is 2.12. The van der Waals surface area contributed by atoms with Crippen LogP contribution in [0.4, 0.5) is 0 Å². The van der Waals surface area contributed by atoms with Gasteiger partial charge in [-0.3, -0.25) is 0 Å². The Morgan fingerprint density at radius 1 is 1.42 bits per heavy atom. The zero-order valence-corrected chi connectivity index (χ0v) is 7.11. The minimum Gasteiger partial charge on any atom is -0.395 e. The van der Waals surface area contributed by atoms with E-state index in [4.69, 9.17) is 0 Å². The minimum atomic E-state index is 0.152. The van der Waals surface area contributed by atoms with E-state index in [-0.39, 0.29) is 5.41 Å². The summed E-state index contributed by atoms with van der Waals surface area (Å²) in [4.78, 5) is 0. The molecule has 64 valence electrons. The van der Waals surface area contributed by atoms with Gasteiger partial charge >= 0.3 is 0 Å². The summed E-state index contributed by atoms with van der Waals surface area (Å²) in [5.41, 5.74) is 0.152. The molecule has 0 aromatic heterocycles. The van der Waals surface area contributed by atoms with E-state index >= 15 is 0 Å². The second-order valence-corrected chi connectivity index (χ2v) is 4.41. The lowest BCUT2D eigenvalue weighted by Gasteiger charge is -2.34. The fourth-order valence-corrected chi connectivity index (χ4v) is 3.46. The molecule has 1 nitrogen and oxygen atoms in total. The van der Waals surface area contributed by atoms with E-state index in [0.29, 0.717) is 12.5 Å². The third kappa shape index (κ3) is 0.567. The number of rotatable bonds is 1. The van der Waals surface area contributed by atoms with Crippen LogP contribution in [-0.2, 0) is 0 Å². The maximum Gasteiger partial charge on any atom is 0.0530 e. The van der Waals surface area contributed by atoms with Crippen molar-refractivity contribution in [1.82, 2.24) is 0 Å². The van der Waals surface area contributed by atoms with Gasteiger partial charge in [0.15, 0.2) is 0 Å². The average Bonchev–Trinajstić information content (AvgIpc) is 2.76. The number of aliphatic hydroxyl groups is 1. The minimum absolute atomic E-state index is 0.152. The predicted molar refractivity (Wildman–Crippen MR) is 47.5 cm³/mol. The molecule has 0 spiro atoms. The molecule has 1 saturated carbocycles. The Balaban J connectivity index is 2.08. The van der Waals surface area contributed by atoms with Crippen LogP contribution in [0.3, 0.4) is 0 Å². The van der Waals surface area contributed by atoms with Gasteiger partial charge in [0.1, 0.15) is 0 Å². The normalized spacial score (nSPS) is 53.6. The van der Waals surface area contributed by atoms with Crippen molar-refractivity contribution in [2.75, 3.05) is 6.61 Å². The van der Waals surface area contributed by atoms with Gasteiger partial charge in [0, 0.05) is 5.41 Å². The molecule has 12 heavy (non-hydrogen) atoms. The van der Waals surface area contributed by atoms with Crippen LogP contribution in [0, 0.1) is 23.2 Å². The van der Waals surface area contributed by atoms with Crippen molar-refractivity contribution in [3.05, 3.63) is 24.3 Å². The van der Waals surface area contributed by atoms with Gasteiger partial charge in [-0.05, 0) is 30.6 Å². The number of hydrogen-bond acceptors (Lipinski definition) is 1. The summed E-state index contributed by atoms with van der Waals surface area (Å²) in [7, 11) is 0. The van der Waals surface area contributed by atoms with Gasteiger partial charge in [-0.2, -0.15) is 0 Å². The van der Waals surface area contributed by atoms with Crippen molar-refractivity contribution in [2.45, 2.75) is 12.8 Å². The Labute approximate surface area is 72.8 Å². The summed E-state index contributed by atoms with van der Waals surface area (Å²) in [6, 6.07) is 0. The third-order valence-electron chi connectivity index (χ3n) is 4.11. The van der Waals surface area contributed by atoms with Gasteiger partial charge in [0.05, 0.1) is 6.61 Å². The topological polar surface area (TPSA) is 20.2 Å². The van der Waals surface area contributed by atoms with Crippen LogP contribution in [0.2, 0.25) is 0 Å². The van der Waals surface area contributed by atoms with Crippen molar-refractivity contribution in [2.24, 2.45) is 23.2 Å². The Hall–Kier alpha value is -0.560. The standard InChI is InChI=1S/C11H14O/c12-7-11-5-1-2-10(11)8-3-4-9(11)6-8/h1,3-5,8-10,12H,2,6-7H2/t8?,9?,10?,11-/m1/s1. The van der Waals surface area contributed by atoms with Gasteiger partial charge in [-0.15, -0.1) is 0 Å². The molecule has 2 bridgehead atoms. The van der Waals surface area contributed by atoms with Crippen molar-refractivity contribution < 1.29 is 5.11 Å². The zero-order valence-electron chi connectivity index (χ0n) is 7.11. The molecule has 0 aromatic carbocycles. The first kappa shape index (κ1) is 6.90. The van der Waals surface area contributed by atoms with Gasteiger partial charge in [0.25, 0.3) is 0 Å². The molecule has 1 fully saturated rings. The number of hydrogen-bond donors (Lipinski definition) is 1. The zero-order chi connectivity index (χ0) is 8.18. The smallest absolute Gasteiger partial charge is 0.0530 e. The monoisotopic (exact) mass is 162 g/mol. The second kappa shape index (κ2) is 2.02. The maximum atomic E-state index is 9.46. The summed E-state index contributed by atoms with van der Waals surface area (Å²) in [6.07, 6.45) is 11.7. The summed E-state index contributed by atoms with van der Waals surface area (Å²) in [6.45, 7) is 0.347. The van der Waals surface area contributed by atoms with Crippen LogP contribution in [0.1, 0.15) is 12.8 Å². The molecule has 0 saturated heterocycles. The number of aliphatic hydroxyl groups excluding tert-OH is 1. The lowest BCUT2D eigenvalue weighted by atomic mass is 9.71. The van der Waals surface area contributed by atoms with Crippen LogP contribution in [0.25, 0.3) is 0 Å². The molecule has 1 heteroatoms.